The van der Waals surface area contributed by atoms with Crippen LogP contribution in [0.5, 0.6) is 0 Å². The maximum atomic E-state index is 12.6. The van der Waals surface area contributed by atoms with Crippen molar-refractivity contribution in [2.75, 3.05) is 19.6 Å². The molecule has 6 heteroatoms. The SMILES string of the molecule is O=C1NCCCCC1N1CCC(C(F)(F)F)CC1. The molecule has 2 rings (SSSR count). The number of likely N-dealkylation sites (tertiary alicyclic amines) is 1. The minimum atomic E-state index is -4.09. The summed E-state index contributed by atoms with van der Waals surface area (Å²) in [4.78, 5) is 13.7. The average Bonchev–Trinajstić information content (AvgIpc) is 2.53. The Morgan fingerprint density at radius 3 is 2.39 bits per heavy atom. The van der Waals surface area contributed by atoms with Gasteiger partial charge >= 0.3 is 6.18 Å². The van der Waals surface area contributed by atoms with E-state index >= 15 is 0 Å². The van der Waals surface area contributed by atoms with Gasteiger partial charge in [0.2, 0.25) is 5.91 Å². The monoisotopic (exact) mass is 264 g/mol. The first-order chi connectivity index (χ1) is 8.48. The molecule has 18 heavy (non-hydrogen) atoms. The topological polar surface area (TPSA) is 32.3 Å². The number of carbonyl (C=O) groups excluding carboxylic acids is 1. The molecule has 0 spiro atoms. The smallest absolute Gasteiger partial charge is 0.355 e. The predicted molar refractivity (Wildman–Crippen MR) is 61.0 cm³/mol. The molecule has 0 aliphatic carbocycles. The maximum Gasteiger partial charge on any atom is 0.391 e. The number of hydrogen-bond acceptors (Lipinski definition) is 2. The summed E-state index contributed by atoms with van der Waals surface area (Å²) in [6, 6.07) is -0.221. The van der Waals surface area contributed by atoms with Gasteiger partial charge in [0, 0.05) is 6.54 Å². The number of amides is 1. The summed E-state index contributed by atoms with van der Waals surface area (Å²) < 4.78 is 37.7. The van der Waals surface area contributed by atoms with Gasteiger partial charge < -0.3 is 5.32 Å². The van der Waals surface area contributed by atoms with E-state index in [0.717, 1.165) is 19.3 Å². The lowest BCUT2D eigenvalue weighted by molar-refractivity contribution is -0.186. The lowest BCUT2D eigenvalue weighted by Crippen LogP contribution is -2.50. The van der Waals surface area contributed by atoms with Crippen LogP contribution < -0.4 is 5.32 Å². The number of alkyl halides is 3. The summed E-state index contributed by atoms with van der Waals surface area (Å²) in [5.41, 5.74) is 0. The van der Waals surface area contributed by atoms with Crippen molar-refractivity contribution in [3.8, 4) is 0 Å². The van der Waals surface area contributed by atoms with Crippen LogP contribution in [0.4, 0.5) is 13.2 Å². The number of carbonyl (C=O) groups is 1. The molecule has 0 aromatic carbocycles. The van der Waals surface area contributed by atoms with Crippen LogP contribution in [0.2, 0.25) is 0 Å². The van der Waals surface area contributed by atoms with E-state index in [9.17, 15) is 18.0 Å². The molecule has 2 fully saturated rings. The van der Waals surface area contributed by atoms with E-state index in [1.807, 2.05) is 4.90 Å². The fraction of sp³-hybridized carbons (Fsp3) is 0.917. The summed E-state index contributed by atoms with van der Waals surface area (Å²) in [5, 5.41) is 2.83. The Hall–Kier alpha value is -0.780. The third-order valence-electron chi connectivity index (χ3n) is 3.94. The fourth-order valence-corrected chi connectivity index (χ4v) is 2.81. The minimum absolute atomic E-state index is 0.0158. The zero-order valence-corrected chi connectivity index (χ0v) is 10.3. The summed E-state index contributed by atoms with van der Waals surface area (Å²) in [7, 11) is 0. The van der Waals surface area contributed by atoms with E-state index in [0.29, 0.717) is 19.6 Å². The van der Waals surface area contributed by atoms with Crippen molar-refractivity contribution in [1.29, 1.82) is 0 Å². The highest BCUT2D eigenvalue weighted by Crippen LogP contribution is 2.34. The zero-order valence-electron chi connectivity index (χ0n) is 10.3. The zero-order chi connectivity index (χ0) is 13.2. The molecule has 3 nitrogen and oxygen atoms in total. The molecule has 1 amide bonds. The Kier molecular flexibility index (Phi) is 4.14. The molecule has 2 aliphatic heterocycles. The van der Waals surface area contributed by atoms with Crippen molar-refractivity contribution >= 4 is 5.91 Å². The third-order valence-corrected chi connectivity index (χ3v) is 3.94. The molecule has 2 heterocycles. The van der Waals surface area contributed by atoms with Gasteiger partial charge in [-0.05, 0) is 45.2 Å². The molecule has 0 saturated carbocycles. The van der Waals surface area contributed by atoms with Crippen LogP contribution in [0.15, 0.2) is 0 Å². The first kappa shape index (κ1) is 13.6. The van der Waals surface area contributed by atoms with Crippen LogP contribution in [-0.4, -0.2) is 42.7 Å². The molecule has 1 atom stereocenters. The second-order valence-corrected chi connectivity index (χ2v) is 5.15. The fourth-order valence-electron chi connectivity index (χ4n) is 2.81. The lowest BCUT2D eigenvalue weighted by Gasteiger charge is -2.36. The molecule has 2 saturated heterocycles. The number of hydrogen-bond donors (Lipinski definition) is 1. The highest BCUT2D eigenvalue weighted by atomic mass is 19.4. The molecular formula is C12H19F3N2O. The van der Waals surface area contributed by atoms with Crippen LogP contribution in [0.25, 0.3) is 0 Å². The Labute approximate surface area is 105 Å². The number of rotatable bonds is 1. The Morgan fingerprint density at radius 2 is 1.78 bits per heavy atom. The lowest BCUT2D eigenvalue weighted by atomic mass is 9.94. The molecule has 0 aromatic rings. The van der Waals surface area contributed by atoms with Crippen LogP contribution in [-0.2, 0) is 4.79 Å². The standard InChI is InChI=1S/C12H19F3N2O/c13-12(14,15)9-4-7-17(8-5-9)10-3-1-2-6-16-11(10)18/h9-10H,1-8H2,(H,16,18). The van der Waals surface area contributed by atoms with E-state index in [-0.39, 0.29) is 24.8 Å². The van der Waals surface area contributed by atoms with E-state index < -0.39 is 12.1 Å². The molecule has 104 valence electrons. The number of nitrogens with one attached hydrogen (secondary N) is 1. The second kappa shape index (κ2) is 5.47. The van der Waals surface area contributed by atoms with E-state index in [2.05, 4.69) is 5.32 Å². The van der Waals surface area contributed by atoms with Crippen molar-refractivity contribution in [1.82, 2.24) is 10.2 Å². The van der Waals surface area contributed by atoms with Gasteiger partial charge in [0.25, 0.3) is 0 Å². The summed E-state index contributed by atoms with van der Waals surface area (Å²) in [6.07, 6.45) is -1.16. The van der Waals surface area contributed by atoms with Crippen LogP contribution in [0.3, 0.4) is 0 Å². The quantitative estimate of drug-likeness (QED) is 0.785. The third kappa shape index (κ3) is 3.16. The molecule has 0 aromatic heterocycles. The Balaban J connectivity index is 1.90. The van der Waals surface area contributed by atoms with Crippen molar-refractivity contribution in [3.05, 3.63) is 0 Å². The highest BCUT2D eigenvalue weighted by molar-refractivity contribution is 5.81. The largest absolute Gasteiger partial charge is 0.391 e. The van der Waals surface area contributed by atoms with Crippen LogP contribution in [0, 0.1) is 5.92 Å². The maximum absolute atomic E-state index is 12.6. The number of piperidine rings is 1. The molecule has 0 bridgehead atoms. The predicted octanol–water partition coefficient (Wildman–Crippen LogP) is 1.93. The van der Waals surface area contributed by atoms with Gasteiger partial charge in [0.05, 0.1) is 12.0 Å². The van der Waals surface area contributed by atoms with E-state index in [1.54, 1.807) is 0 Å². The second-order valence-electron chi connectivity index (χ2n) is 5.15. The van der Waals surface area contributed by atoms with Crippen molar-refractivity contribution in [2.24, 2.45) is 5.92 Å². The van der Waals surface area contributed by atoms with Crippen molar-refractivity contribution in [3.63, 3.8) is 0 Å². The summed E-state index contributed by atoms with van der Waals surface area (Å²) in [6.45, 7) is 1.44. The van der Waals surface area contributed by atoms with E-state index in [1.165, 1.54) is 0 Å². The first-order valence-corrected chi connectivity index (χ1v) is 6.57. The Bertz CT molecular complexity index is 298. The minimum Gasteiger partial charge on any atom is -0.355 e. The summed E-state index contributed by atoms with van der Waals surface area (Å²) in [5.74, 6) is -1.21. The number of halogens is 3. The molecule has 1 unspecified atom stereocenters. The van der Waals surface area contributed by atoms with Gasteiger partial charge in [-0.15, -0.1) is 0 Å². The van der Waals surface area contributed by atoms with Gasteiger partial charge in [-0.25, -0.2) is 0 Å². The Morgan fingerprint density at radius 1 is 1.11 bits per heavy atom. The number of nitrogens with zero attached hydrogens (tertiary/aromatic N) is 1. The van der Waals surface area contributed by atoms with E-state index in [4.69, 9.17) is 0 Å². The van der Waals surface area contributed by atoms with Crippen LogP contribution >= 0.6 is 0 Å². The first-order valence-electron chi connectivity index (χ1n) is 6.57. The van der Waals surface area contributed by atoms with Gasteiger partial charge in [-0.1, -0.05) is 0 Å². The average molecular weight is 264 g/mol. The summed E-state index contributed by atoms with van der Waals surface area (Å²) >= 11 is 0. The van der Waals surface area contributed by atoms with Gasteiger partial charge in [-0.3, -0.25) is 9.69 Å². The van der Waals surface area contributed by atoms with Gasteiger partial charge in [0.15, 0.2) is 0 Å². The molecular weight excluding hydrogens is 245 g/mol. The highest BCUT2D eigenvalue weighted by Gasteiger charge is 2.42. The van der Waals surface area contributed by atoms with Gasteiger partial charge in [-0.2, -0.15) is 13.2 Å². The molecule has 2 aliphatic rings. The van der Waals surface area contributed by atoms with Crippen LogP contribution in [0.1, 0.15) is 32.1 Å². The molecule has 0 radical (unpaired) electrons. The molecule has 1 N–H and O–H groups in total. The van der Waals surface area contributed by atoms with Crippen molar-refractivity contribution < 1.29 is 18.0 Å². The van der Waals surface area contributed by atoms with Gasteiger partial charge in [0.1, 0.15) is 0 Å². The normalized spacial score (nSPS) is 28.8. The van der Waals surface area contributed by atoms with Crippen molar-refractivity contribution in [2.45, 2.75) is 44.3 Å².